The highest BCUT2D eigenvalue weighted by molar-refractivity contribution is 7.08. The Morgan fingerprint density at radius 2 is 2.26 bits per heavy atom. The van der Waals surface area contributed by atoms with Crippen molar-refractivity contribution >= 4 is 17.2 Å². The van der Waals surface area contributed by atoms with E-state index in [9.17, 15) is 4.79 Å². The van der Waals surface area contributed by atoms with Gasteiger partial charge in [0.2, 0.25) is 17.6 Å². The highest BCUT2D eigenvalue weighted by Crippen LogP contribution is 2.19. The molecule has 1 amide bonds. The molecule has 0 saturated carbocycles. The Labute approximate surface area is 137 Å². The minimum atomic E-state index is -0.166. The van der Waals surface area contributed by atoms with Crippen LogP contribution >= 0.6 is 11.3 Å². The Bertz CT molecular complexity index is 776. The van der Waals surface area contributed by atoms with Gasteiger partial charge >= 0.3 is 0 Å². The van der Waals surface area contributed by atoms with Gasteiger partial charge in [-0.1, -0.05) is 5.16 Å². The van der Waals surface area contributed by atoms with Crippen molar-refractivity contribution in [3.63, 3.8) is 0 Å². The number of nitrogens with one attached hydrogen (secondary N) is 1. The minimum absolute atomic E-state index is 0.0816. The van der Waals surface area contributed by atoms with Crippen LogP contribution in [-0.2, 0) is 11.2 Å². The smallest absolute Gasteiger partial charge is 0.227 e. The molecule has 120 valence electrons. The molecule has 1 atom stereocenters. The van der Waals surface area contributed by atoms with Gasteiger partial charge in [0.25, 0.3) is 0 Å². The van der Waals surface area contributed by atoms with E-state index in [2.05, 4.69) is 15.5 Å². The van der Waals surface area contributed by atoms with E-state index < -0.39 is 0 Å². The van der Waals surface area contributed by atoms with Crippen molar-refractivity contribution in [3.05, 3.63) is 46.4 Å². The summed E-state index contributed by atoms with van der Waals surface area (Å²) in [6, 6.07) is 5.51. The molecule has 0 aromatic carbocycles. The molecule has 0 unspecified atom stereocenters. The number of hydrogen-bond donors (Lipinski definition) is 1. The zero-order valence-corrected chi connectivity index (χ0v) is 13.7. The molecule has 0 bridgehead atoms. The number of aromatic nitrogens is 2. The Morgan fingerprint density at radius 1 is 1.39 bits per heavy atom. The Kier molecular flexibility index (Phi) is 4.57. The average molecular weight is 331 g/mol. The first kappa shape index (κ1) is 15.5. The van der Waals surface area contributed by atoms with Crippen molar-refractivity contribution in [2.24, 2.45) is 0 Å². The molecule has 3 aromatic heterocycles. The Morgan fingerprint density at radius 3 is 2.96 bits per heavy atom. The van der Waals surface area contributed by atoms with Gasteiger partial charge in [-0.2, -0.15) is 16.3 Å². The molecule has 1 N–H and O–H groups in total. The van der Waals surface area contributed by atoms with Gasteiger partial charge in [-0.3, -0.25) is 4.79 Å². The lowest BCUT2D eigenvalue weighted by molar-refractivity contribution is -0.121. The van der Waals surface area contributed by atoms with Gasteiger partial charge in [0.15, 0.2) is 0 Å². The van der Waals surface area contributed by atoms with E-state index in [1.807, 2.05) is 42.8 Å². The molecular weight excluding hydrogens is 314 g/mol. The molecule has 0 aliphatic heterocycles. The normalized spacial score (nSPS) is 12.3. The van der Waals surface area contributed by atoms with Crippen molar-refractivity contribution in [1.82, 2.24) is 15.5 Å². The van der Waals surface area contributed by atoms with E-state index in [-0.39, 0.29) is 18.4 Å². The highest BCUT2D eigenvalue weighted by Gasteiger charge is 2.14. The van der Waals surface area contributed by atoms with Crippen LogP contribution in [0.25, 0.3) is 11.4 Å². The average Bonchev–Trinajstić information content (AvgIpc) is 3.26. The zero-order chi connectivity index (χ0) is 16.2. The van der Waals surface area contributed by atoms with Crippen LogP contribution in [0.3, 0.4) is 0 Å². The predicted octanol–water partition coefficient (Wildman–Crippen LogP) is 3.51. The van der Waals surface area contributed by atoms with Crippen LogP contribution in [0.1, 0.15) is 36.8 Å². The van der Waals surface area contributed by atoms with Crippen LogP contribution in [0.5, 0.6) is 0 Å². The number of amides is 1. The third-order valence-electron chi connectivity index (χ3n) is 3.38. The molecule has 0 aliphatic rings. The molecule has 0 radical (unpaired) electrons. The predicted molar refractivity (Wildman–Crippen MR) is 85.9 cm³/mol. The standard InChI is InChI=1S/C16H17N3O3S/c1-10-3-4-13(21-10)11(2)17-14(20)5-6-15-18-16(19-22-15)12-7-8-23-9-12/h3-4,7-9,11H,5-6H2,1-2H3,(H,17,20)/t11-/m1/s1. The number of nitrogens with zero attached hydrogens (tertiary/aromatic N) is 2. The number of thiophene rings is 1. The van der Waals surface area contributed by atoms with Gasteiger partial charge in [0, 0.05) is 23.8 Å². The van der Waals surface area contributed by atoms with Crippen molar-refractivity contribution in [1.29, 1.82) is 0 Å². The van der Waals surface area contributed by atoms with Crippen molar-refractivity contribution < 1.29 is 13.7 Å². The molecule has 7 heteroatoms. The maximum atomic E-state index is 12.0. The fourth-order valence-corrected chi connectivity index (χ4v) is 2.79. The fraction of sp³-hybridized carbons (Fsp3) is 0.312. The topological polar surface area (TPSA) is 81.2 Å². The lowest BCUT2D eigenvalue weighted by Gasteiger charge is -2.10. The lowest BCUT2D eigenvalue weighted by atomic mass is 10.2. The van der Waals surface area contributed by atoms with Crippen molar-refractivity contribution in [2.75, 3.05) is 0 Å². The summed E-state index contributed by atoms with van der Waals surface area (Å²) in [4.78, 5) is 16.3. The van der Waals surface area contributed by atoms with Crippen molar-refractivity contribution in [2.45, 2.75) is 32.7 Å². The van der Waals surface area contributed by atoms with Gasteiger partial charge < -0.3 is 14.3 Å². The molecule has 0 aliphatic carbocycles. The van der Waals surface area contributed by atoms with E-state index in [1.165, 1.54) is 0 Å². The number of carbonyl (C=O) groups excluding carboxylic acids is 1. The zero-order valence-electron chi connectivity index (χ0n) is 12.9. The van der Waals surface area contributed by atoms with Gasteiger partial charge in [-0.25, -0.2) is 0 Å². The summed E-state index contributed by atoms with van der Waals surface area (Å²) < 4.78 is 10.7. The van der Waals surface area contributed by atoms with E-state index >= 15 is 0 Å². The quantitative estimate of drug-likeness (QED) is 0.747. The minimum Gasteiger partial charge on any atom is -0.464 e. The molecule has 3 aromatic rings. The number of rotatable bonds is 6. The molecule has 3 heterocycles. The van der Waals surface area contributed by atoms with Crippen LogP contribution in [0.2, 0.25) is 0 Å². The first-order valence-corrected chi connectivity index (χ1v) is 8.27. The van der Waals surface area contributed by atoms with Crippen LogP contribution in [0.4, 0.5) is 0 Å². The van der Waals surface area contributed by atoms with Crippen molar-refractivity contribution in [3.8, 4) is 11.4 Å². The number of carbonyl (C=O) groups is 1. The second kappa shape index (κ2) is 6.78. The molecule has 0 saturated heterocycles. The summed E-state index contributed by atoms with van der Waals surface area (Å²) in [5.74, 6) is 2.51. The SMILES string of the molecule is Cc1ccc([C@@H](C)NC(=O)CCc2nc(-c3ccsc3)no2)o1. The van der Waals surface area contributed by atoms with Crippen LogP contribution < -0.4 is 5.32 Å². The van der Waals surface area contributed by atoms with Gasteiger partial charge in [0.05, 0.1) is 6.04 Å². The number of hydrogen-bond acceptors (Lipinski definition) is 6. The highest BCUT2D eigenvalue weighted by atomic mass is 32.1. The molecule has 0 fully saturated rings. The maximum absolute atomic E-state index is 12.0. The number of furan rings is 1. The van der Waals surface area contributed by atoms with Gasteiger partial charge in [0.1, 0.15) is 11.5 Å². The maximum Gasteiger partial charge on any atom is 0.227 e. The van der Waals surface area contributed by atoms with Crippen LogP contribution in [-0.4, -0.2) is 16.0 Å². The first-order valence-electron chi connectivity index (χ1n) is 7.32. The molecular formula is C16H17N3O3S. The molecule has 3 rings (SSSR count). The van der Waals surface area contributed by atoms with Crippen LogP contribution in [0.15, 0.2) is 37.9 Å². The Balaban J connectivity index is 1.51. The van der Waals surface area contributed by atoms with E-state index in [0.717, 1.165) is 17.1 Å². The van der Waals surface area contributed by atoms with Gasteiger partial charge in [-0.15, -0.1) is 0 Å². The first-order chi connectivity index (χ1) is 11.1. The Hall–Kier alpha value is -2.41. The van der Waals surface area contributed by atoms with E-state index in [4.69, 9.17) is 8.94 Å². The second-order valence-corrected chi connectivity index (χ2v) is 6.04. The summed E-state index contributed by atoms with van der Waals surface area (Å²) in [5, 5.41) is 10.7. The largest absolute Gasteiger partial charge is 0.464 e. The second-order valence-electron chi connectivity index (χ2n) is 5.26. The summed E-state index contributed by atoms with van der Waals surface area (Å²) in [6.45, 7) is 3.76. The number of aryl methyl sites for hydroxylation is 2. The lowest BCUT2D eigenvalue weighted by Crippen LogP contribution is -2.26. The van der Waals surface area contributed by atoms with Crippen LogP contribution in [0, 0.1) is 6.92 Å². The molecule has 0 spiro atoms. The summed E-state index contributed by atoms with van der Waals surface area (Å²) in [6.07, 6.45) is 0.697. The third kappa shape index (κ3) is 3.87. The summed E-state index contributed by atoms with van der Waals surface area (Å²) >= 11 is 1.57. The molecule has 6 nitrogen and oxygen atoms in total. The van der Waals surface area contributed by atoms with E-state index in [1.54, 1.807) is 11.3 Å². The van der Waals surface area contributed by atoms with Gasteiger partial charge in [-0.05, 0) is 37.4 Å². The third-order valence-corrected chi connectivity index (χ3v) is 4.06. The fourth-order valence-electron chi connectivity index (χ4n) is 2.16. The van der Waals surface area contributed by atoms with E-state index in [0.29, 0.717) is 18.1 Å². The summed E-state index contributed by atoms with van der Waals surface area (Å²) in [5.41, 5.74) is 0.927. The summed E-state index contributed by atoms with van der Waals surface area (Å²) in [7, 11) is 0. The molecule has 23 heavy (non-hydrogen) atoms. The monoisotopic (exact) mass is 331 g/mol.